The molecule has 0 spiro atoms. The van der Waals surface area contributed by atoms with E-state index in [-0.39, 0.29) is 5.91 Å². The number of pyridine rings is 1. The van der Waals surface area contributed by atoms with Gasteiger partial charge in [0, 0.05) is 16.8 Å². The Kier molecular flexibility index (Phi) is 5.58. The van der Waals surface area contributed by atoms with Crippen LogP contribution in [0.5, 0.6) is 0 Å². The minimum absolute atomic E-state index is 0.150. The molecule has 0 aliphatic heterocycles. The maximum absolute atomic E-state index is 12.8. The van der Waals surface area contributed by atoms with Crippen LogP contribution in [0.2, 0.25) is 5.02 Å². The summed E-state index contributed by atoms with van der Waals surface area (Å²) in [5.74, 6) is 0.316. The molecule has 0 bridgehead atoms. The molecule has 25 heavy (non-hydrogen) atoms. The van der Waals surface area contributed by atoms with Crippen LogP contribution in [0.15, 0.2) is 77.8 Å². The number of carbonyl (C=O) groups is 1. The first-order valence-corrected chi connectivity index (χ1v) is 8.87. The van der Waals surface area contributed by atoms with E-state index < -0.39 is 5.25 Å². The number of thioether (sulfide) groups is 1. The second kappa shape index (κ2) is 8.05. The highest BCUT2D eigenvalue weighted by Gasteiger charge is 2.22. The molecule has 0 aliphatic rings. The Morgan fingerprint density at radius 3 is 2.40 bits per heavy atom. The molecule has 0 saturated carbocycles. The first-order valence-electron chi connectivity index (χ1n) is 7.61. The molecule has 3 N–H and O–H groups in total. The molecule has 1 unspecified atom stereocenters. The molecule has 0 aliphatic carbocycles. The Labute approximate surface area is 155 Å². The van der Waals surface area contributed by atoms with Crippen LogP contribution >= 0.6 is 23.4 Å². The molecule has 0 fully saturated rings. The number of aromatic nitrogens is 1. The Hall–Kier alpha value is -2.50. The smallest absolute Gasteiger partial charge is 0.243 e. The molecular weight excluding hydrogens is 354 g/mol. The van der Waals surface area contributed by atoms with Crippen LogP contribution in [0, 0.1) is 0 Å². The van der Waals surface area contributed by atoms with Crippen LogP contribution in [0.4, 0.5) is 11.5 Å². The van der Waals surface area contributed by atoms with Crippen LogP contribution in [0.1, 0.15) is 10.8 Å². The van der Waals surface area contributed by atoms with Gasteiger partial charge in [-0.2, -0.15) is 0 Å². The third kappa shape index (κ3) is 4.75. The van der Waals surface area contributed by atoms with Crippen LogP contribution in [-0.2, 0) is 4.79 Å². The number of nitrogens with one attached hydrogen (secondary N) is 1. The molecule has 1 aromatic heterocycles. The van der Waals surface area contributed by atoms with Crippen molar-refractivity contribution in [3.8, 4) is 0 Å². The van der Waals surface area contributed by atoms with Gasteiger partial charge in [0.1, 0.15) is 11.1 Å². The highest BCUT2D eigenvalue weighted by molar-refractivity contribution is 8.00. The van der Waals surface area contributed by atoms with E-state index in [9.17, 15) is 4.79 Å². The van der Waals surface area contributed by atoms with Gasteiger partial charge in [0.15, 0.2) is 0 Å². The fraction of sp³-hybridized carbons (Fsp3) is 0.0526. The lowest BCUT2D eigenvalue weighted by molar-refractivity contribution is -0.115. The average Bonchev–Trinajstić information content (AvgIpc) is 2.64. The summed E-state index contributed by atoms with van der Waals surface area (Å²) in [5.41, 5.74) is 7.34. The van der Waals surface area contributed by atoms with Crippen molar-refractivity contribution in [2.75, 3.05) is 11.1 Å². The van der Waals surface area contributed by atoms with Gasteiger partial charge in [0.2, 0.25) is 5.91 Å². The molecule has 6 heteroatoms. The molecule has 1 amide bonds. The lowest BCUT2D eigenvalue weighted by Gasteiger charge is -2.17. The fourth-order valence-electron chi connectivity index (χ4n) is 2.22. The van der Waals surface area contributed by atoms with Crippen molar-refractivity contribution >= 4 is 40.8 Å². The number of hydrogen-bond acceptors (Lipinski definition) is 4. The number of nitrogens with zero attached hydrogens (tertiary/aromatic N) is 1. The van der Waals surface area contributed by atoms with Crippen LogP contribution in [0.25, 0.3) is 0 Å². The second-order valence-corrected chi connectivity index (χ2v) is 6.94. The van der Waals surface area contributed by atoms with Crippen LogP contribution in [0.3, 0.4) is 0 Å². The summed E-state index contributed by atoms with van der Waals surface area (Å²) in [4.78, 5) is 17.9. The van der Waals surface area contributed by atoms with Gasteiger partial charge in [0.05, 0.1) is 5.02 Å². The average molecular weight is 370 g/mol. The second-order valence-electron chi connectivity index (χ2n) is 5.33. The molecule has 0 radical (unpaired) electrons. The molecule has 4 nitrogen and oxygen atoms in total. The standard InChI is InChI=1S/C19H16ClN3OS/c20-14-6-11-17(22-12-14)23-19(24)18(13-4-2-1-3-5-13)25-16-9-7-15(21)8-10-16/h1-12,18H,21H2,(H,22,23,24). The van der Waals surface area contributed by atoms with E-state index in [0.717, 1.165) is 10.5 Å². The summed E-state index contributed by atoms with van der Waals surface area (Å²) in [6, 6.07) is 20.4. The Balaban J connectivity index is 1.83. The summed E-state index contributed by atoms with van der Waals surface area (Å²) in [6.45, 7) is 0. The number of carbonyl (C=O) groups excluding carboxylic acids is 1. The molecule has 126 valence electrons. The summed E-state index contributed by atoms with van der Waals surface area (Å²) < 4.78 is 0. The quantitative estimate of drug-likeness (QED) is 0.501. The third-order valence-corrected chi connectivity index (χ3v) is 4.94. The molecular formula is C19H16ClN3OS. The van der Waals surface area contributed by atoms with Gasteiger partial charge >= 0.3 is 0 Å². The maximum atomic E-state index is 12.8. The van der Waals surface area contributed by atoms with E-state index in [1.54, 1.807) is 12.1 Å². The first-order chi connectivity index (χ1) is 12.1. The molecule has 2 aromatic carbocycles. The molecule has 1 heterocycles. The van der Waals surface area contributed by atoms with E-state index in [0.29, 0.717) is 16.5 Å². The van der Waals surface area contributed by atoms with Gasteiger partial charge in [-0.1, -0.05) is 41.9 Å². The van der Waals surface area contributed by atoms with Gasteiger partial charge < -0.3 is 11.1 Å². The van der Waals surface area contributed by atoms with Gasteiger partial charge in [-0.25, -0.2) is 4.98 Å². The largest absolute Gasteiger partial charge is 0.399 e. The van der Waals surface area contributed by atoms with Crippen LogP contribution in [-0.4, -0.2) is 10.9 Å². The normalized spacial score (nSPS) is 11.7. The van der Waals surface area contributed by atoms with Gasteiger partial charge in [-0.05, 0) is 42.0 Å². The molecule has 1 atom stereocenters. The minimum atomic E-state index is -0.415. The maximum Gasteiger partial charge on any atom is 0.243 e. The summed E-state index contributed by atoms with van der Waals surface area (Å²) >= 11 is 7.30. The highest BCUT2D eigenvalue weighted by Crippen LogP contribution is 2.36. The van der Waals surface area contributed by atoms with Crippen molar-refractivity contribution in [1.82, 2.24) is 4.98 Å². The van der Waals surface area contributed by atoms with Gasteiger partial charge in [-0.15, -0.1) is 11.8 Å². The van der Waals surface area contributed by atoms with E-state index in [1.165, 1.54) is 18.0 Å². The Morgan fingerprint density at radius 2 is 1.76 bits per heavy atom. The third-order valence-electron chi connectivity index (χ3n) is 3.45. The number of nitrogen functional groups attached to an aromatic ring is 1. The predicted molar refractivity (Wildman–Crippen MR) is 104 cm³/mol. The Morgan fingerprint density at radius 1 is 1.04 bits per heavy atom. The number of nitrogens with two attached hydrogens (primary N) is 1. The topological polar surface area (TPSA) is 68.0 Å². The summed E-state index contributed by atoms with van der Waals surface area (Å²) in [5, 5.41) is 2.95. The molecule has 3 rings (SSSR count). The number of halogens is 1. The lowest BCUT2D eigenvalue weighted by atomic mass is 10.1. The number of benzene rings is 2. The number of rotatable bonds is 5. The zero-order valence-corrected chi connectivity index (χ0v) is 14.8. The van der Waals surface area contributed by atoms with E-state index in [1.807, 2.05) is 54.6 Å². The number of amides is 1. The van der Waals surface area contributed by atoms with E-state index in [2.05, 4.69) is 10.3 Å². The number of anilines is 2. The lowest BCUT2D eigenvalue weighted by Crippen LogP contribution is -2.19. The fourth-order valence-corrected chi connectivity index (χ4v) is 3.36. The van der Waals surface area contributed by atoms with Crippen molar-refractivity contribution in [2.45, 2.75) is 10.1 Å². The van der Waals surface area contributed by atoms with Crippen molar-refractivity contribution in [3.63, 3.8) is 0 Å². The van der Waals surface area contributed by atoms with Crippen molar-refractivity contribution < 1.29 is 4.79 Å². The highest BCUT2D eigenvalue weighted by atomic mass is 35.5. The molecule has 0 saturated heterocycles. The van der Waals surface area contributed by atoms with E-state index in [4.69, 9.17) is 17.3 Å². The SMILES string of the molecule is Nc1ccc(SC(C(=O)Nc2ccc(Cl)cn2)c2ccccc2)cc1. The zero-order chi connectivity index (χ0) is 17.6. The van der Waals surface area contributed by atoms with Crippen LogP contribution < -0.4 is 11.1 Å². The Bertz CT molecular complexity index is 839. The van der Waals surface area contributed by atoms with Crippen molar-refractivity contribution in [2.24, 2.45) is 0 Å². The predicted octanol–water partition coefficient (Wildman–Crippen LogP) is 4.79. The monoisotopic (exact) mass is 369 g/mol. The van der Waals surface area contributed by atoms with Crippen molar-refractivity contribution in [1.29, 1.82) is 0 Å². The van der Waals surface area contributed by atoms with Gasteiger partial charge in [-0.3, -0.25) is 4.79 Å². The zero-order valence-electron chi connectivity index (χ0n) is 13.2. The first kappa shape index (κ1) is 17.3. The van der Waals surface area contributed by atoms with E-state index >= 15 is 0 Å². The van der Waals surface area contributed by atoms with Gasteiger partial charge in [0.25, 0.3) is 0 Å². The number of hydrogen-bond donors (Lipinski definition) is 2. The summed E-state index contributed by atoms with van der Waals surface area (Å²) in [7, 11) is 0. The summed E-state index contributed by atoms with van der Waals surface area (Å²) in [6.07, 6.45) is 1.50. The molecule has 3 aromatic rings. The van der Waals surface area contributed by atoms with Crippen molar-refractivity contribution in [3.05, 3.63) is 83.5 Å². The minimum Gasteiger partial charge on any atom is -0.399 e.